The van der Waals surface area contributed by atoms with E-state index in [9.17, 15) is 13.2 Å². The van der Waals surface area contributed by atoms with E-state index < -0.39 is 11.7 Å². The monoisotopic (exact) mass is 292 g/mol. The normalized spacial score (nSPS) is 32.4. The molecule has 0 aromatic rings. The Morgan fingerprint density at radius 3 is 2.25 bits per heavy atom. The van der Waals surface area contributed by atoms with Crippen LogP contribution < -0.4 is 5.32 Å². The third-order valence-corrected chi connectivity index (χ3v) is 5.28. The predicted molar refractivity (Wildman–Crippen MR) is 74.6 cm³/mol. The van der Waals surface area contributed by atoms with Gasteiger partial charge in [0.1, 0.15) is 5.54 Å². The standard InChI is InChI=1S/C15H27F3N2/c1-5-11(4)12-9-20(13(8-19-12)10(2)3)14(6-7-14)15(16,17)18/h10-13,19H,5-9H2,1-4H3. The minimum atomic E-state index is -4.10. The van der Waals surface area contributed by atoms with Gasteiger partial charge in [0.05, 0.1) is 0 Å². The number of hydrogen-bond donors (Lipinski definition) is 1. The van der Waals surface area contributed by atoms with Crippen molar-refractivity contribution in [1.82, 2.24) is 10.2 Å². The summed E-state index contributed by atoms with van der Waals surface area (Å²) in [5, 5.41) is 3.47. The van der Waals surface area contributed by atoms with Crippen molar-refractivity contribution in [3.8, 4) is 0 Å². The van der Waals surface area contributed by atoms with Gasteiger partial charge in [-0.1, -0.05) is 34.1 Å². The van der Waals surface area contributed by atoms with Gasteiger partial charge in [0.25, 0.3) is 0 Å². The zero-order valence-electron chi connectivity index (χ0n) is 12.9. The van der Waals surface area contributed by atoms with E-state index in [-0.39, 0.29) is 30.8 Å². The Hall–Kier alpha value is -0.290. The van der Waals surface area contributed by atoms with Crippen molar-refractivity contribution in [2.45, 2.75) is 70.8 Å². The summed E-state index contributed by atoms with van der Waals surface area (Å²) in [4.78, 5) is 1.78. The molecule has 3 atom stereocenters. The number of alkyl halides is 3. The van der Waals surface area contributed by atoms with Gasteiger partial charge in [-0.15, -0.1) is 0 Å². The maximum atomic E-state index is 13.5. The van der Waals surface area contributed by atoms with Crippen molar-refractivity contribution in [3.63, 3.8) is 0 Å². The highest BCUT2D eigenvalue weighted by atomic mass is 19.4. The van der Waals surface area contributed by atoms with E-state index in [4.69, 9.17) is 0 Å². The van der Waals surface area contributed by atoms with Crippen LogP contribution in [0.5, 0.6) is 0 Å². The molecule has 1 N–H and O–H groups in total. The number of nitrogens with zero attached hydrogens (tertiary/aromatic N) is 1. The first-order chi connectivity index (χ1) is 9.23. The van der Waals surface area contributed by atoms with Crippen molar-refractivity contribution in [3.05, 3.63) is 0 Å². The van der Waals surface area contributed by atoms with Crippen LogP contribution in [-0.2, 0) is 0 Å². The Morgan fingerprint density at radius 2 is 1.85 bits per heavy atom. The predicted octanol–water partition coefficient (Wildman–Crippen LogP) is 3.43. The molecule has 2 nitrogen and oxygen atoms in total. The second kappa shape index (κ2) is 5.48. The average Bonchev–Trinajstić information content (AvgIpc) is 3.17. The topological polar surface area (TPSA) is 15.3 Å². The SMILES string of the molecule is CCC(C)C1CN(C2(C(F)(F)F)CC2)C(C(C)C)CN1. The summed E-state index contributed by atoms with van der Waals surface area (Å²) >= 11 is 0. The highest BCUT2D eigenvalue weighted by molar-refractivity contribution is 5.13. The van der Waals surface area contributed by atoms with E-state index in [1.54, 1.807) is 4.90 Å². The molecule has 0 aromatic carbocycles. The molecule has 118 valence electrons. The lowest BCUT2D eigenvalue weighted by atomic mass is 9.90. The Balaban J connectivity index is 2.20. The first-order valence-corrected chi connectivity index (χ1v) is 7.79. The lowest BCUT2D eigenvalue weighted by Gasteiger charge is -2.48. The molecule has 1 aliphatic heterocycles. The van der Waals surface area contributed by atoms with Gasteiger partial charge in [-0.05, 0) is 24.7 Å². The van der Waals surface area contributed by atoms with Crippen LogP contribution in [0.1, 0.15) is 47.0 Å². The Morgan fingerprint density at radius 1 is 1.25 bits per heavy atom. The smallest absolute Gasteiger partial charge is 0.311 e. The fourth-order valence-corrected chi connectivity index (χ4v) is 3.40. The zero-order valence-corrected chi connectivity index (χ0v) is 12.9. The molecule has 5 heteroatoms. The zero-order chi connectivity index (χ0) is 15.1. The van der Waals surface area contributed by atoms with E-state index in [0.717, 1.165) is 6.42 Å². The molecule has 1 saturated carbocycles. The van der Waals surface area contributed by atoms with E-state index in [2.05, 4.69) is 19.2 Å². The summed E-state index contributed by atoms with van der Waals surface area (Å²) in [6.07, 6.45) is -2.56. The first-order valence-electron chi connectivity index (χ1n) is 7.79. The molecule has 1 heterocycles. The Bertz CT molecular complexity index is 337. The average molecular weight is 292 g/mol. The summed E-state index contributed by atoms with van der Waals surface area (Å²) in [6.45, 7) is 9.47. The second-order valence-corrected chi connectivity index (χ2v) is 6.89. The summed E-state index contributed by atoms with van der Waals surface area (Å²) < 4.78 is 40.4. The molecular weight excluding hydrogens is 265 g/mol. The fraction of sp³-hybridized carbons (Fsp3) is 1.00. The Labute approximate surface area is 120 Å². The minimum Gasteiger partial charge on any atom is -0.311 e. The first kappa shape index (κ1) is 16.1. The number of nitrogens with one attached hydrogen (secondary N) is 1. The van der Waals surface area contributed by atoms with Gasteiger partial charge >= 0.3 is 6.18 Å². The van der Waals surface area contributed by atoms with Gasteiger partial charge in [0, 0.05) is 25.2 Å². The number of halogens is 3. The number of rotatable bonds is 4. The fourth-order valence-electron chi connectivity index (χ4n) is 3.40. The van der Waals surface area contributed by atoms with E-state index in [0.29, 0.717) is 19.0 Å². The van der Waals surface area contributed by atoms with Crippen LogP contribution in [-0.4, -0.2) is 41.8 Å². The van der Waals surface area contributed by atoms with Crippen molar-refractivity contribution in [1.29, 1.82) is 0 Å². The molecule has 0 amide bonds. The number of piperazine rings is 1. The van der Waals surface area contributed by atoms with Crippen LogP contribution in [0.15, 0.2) is 0 Å². The molecule has 0 spiro atoms. The van der Waals surface area contributed by atoms with Crippen LogP contribution in [0.2, 0.25) is 0 Å². The van der Waals surface area contributed by atoms with Crippen molar-refractivity contribution >= 4 is 0 Å². The van der Waals surface area contributed by atoms with E-state index in [1.165, 1.54) is 0 Å². The molecule has 1 aliphatic carbocycles. The molecule has 0 radical (unpaired) electrons. The largest absolute Gasteiger partial charge is 0.406 e. The molecule has 2 fully saturated rings. The molecule has 20 heavy (non-hydrogen) atoms. The van der Waals surface area contributed by atoms with Crippen LogP contribution >= 0.6 is 0 Å². The molecule has 2 aliphatic rings. The maximum Gasteiger partial charge on any atom is 0.406 e. The minimum absolute atomic E-state index is 0.0144. The van der Waals surface area contributed by atoms with Crippen molar-refractivity contribution in [2.24, 2.45) is 11.8 Å². The third kappa shape index (κ3) is 2.71. The van der Waals surface area contributed by atoms with Gasteiger partial charge in [-0.2, -0.15) is 13.2 Å². The van der Waals surface area contributed by atoms with Gasteiger partial charge in [0.2, 0.25) is 0 Å². The Kier molecular flexibility index (Phi) is 4.41. The maximum absolute atomic E-state index is 13.5. The lowest BCUT2D eigenvalue weighted by Crippen LogP contribution is -2.66. The molecule has 2 rings (SSSR count). The van der Waals surface area contributed by atoms with Gasteiger partial charge < -0.3 is 5.32 Å². The van der Waals surface area contributed by atoms with E-state index >= 15 is 0 Å². The van der Waals surface area contributed by atoms with Crippen molar-refractivity contribution in [2.75, 3.05) is 13.1 Å². The van der Waals surface area contributed by atoms with Gasteiger partial charge in [-0.25, -0.2) is 0 Å². The van der Waals surface area contributed by atoms with Crippen molar-refractivity contribution < 1.29 is 13.2 Å². The summed E-state index contributed by atoms with van der Waals surface area (Å²) in [7, 11) is 0. The van der Waals surface area contributed by atoms with Gasteiger partial charge in [0.15, 0.2) is 0 Å². The number of hydrogen-bond acceptors (Lipinski definition) is 2. The summed E-state index contributed by atoms with van der Waals surface area (Å²) in [5.74, 6) is 0.648. The highest BCUT2D eigenvalue weighted by Gasteiger charge is 2.68. The highest BCUT2D eigenvalue weighted by Crippen LogP contribution is 2.55. The van der Waals surface area contributed by atoms with Crippen LogP contribution in [0.3, 0.4) is 0 Å². The second-order valence-electron chi connectivity index (χ2n) is 6.89. The quantitative estimate of drug-likeness (QED) is 0.854. The third-order valence-electron chi connectivity index (χ3n) is 5.28. The molecule has 0 bridgehead atoms. The molecular formula is C15H27F3N2. The molecule has 1 saturated heterocycles. The summed E-state index contributed by atoms with van der Waals surface area (Å²) in [5.41, 5.74) is -1.53. The van der Waals surface area contributed by atoms with Gasteiger partial charge in [-0.3, -0.25) is 4.90 Å². The van der Waals surface area contributed by atoms with Crippen LogP contribution in [0.4, 0.5) is 13.2 Å². The molecule has 3 unspecified atom stereocenters. The summed E-state index contributed by atoms with van der Waals surface area (Å²) in [6, 6.07) is 0.161. The molecule has 0 aromatic heterocycles. The van der Waals surface area contributed by atoms with Crippen LogP contribution in [0.25, 0.3) is 0 Å². The van der Waals surface area contributed by atoms with E-state index in [1.807, 2.05) is 13.8 Å². The van der Waals surface area contributed by atoms with Crippen LogP contribution in [0, 0.1) is 11.8 Å². The lowest BCUT2D eigenvalue weighted by molar-refractivity contribution is -0.209.